The number of hydrogen-bond acceptors (Lipinski definition) is 9. The molecule has 0 aromatic carbocycles. The smallest absolute Gasteiger partial charge is 0.335 e. The largest absolute Gasteiger partial charge is 0.463 e. The standard InChI is InChI=1S/C29H38O9/c1-16-9-10-28-14-33-26(32)25(31)17(2)12-24-35-18(3)19(36-24)7-5-6-8-23(30)38-20-13-22(37-21(28)11-16)29(15-34-29)27(20,28)4/h5-8,11,17-22,24-25,31H,9-10,12-15H2,1-4H3/b7-5+,8-6-/t17-,18?,19?,20-,21-,22-,24?,25+,27-,28-,29+/m1/s1. The van der Waals surface area contributed by atoms with Crippen LogP contribution < -0.4 is 0 Å². The Bertz CT molecular complexity index is 1080. The number of aliphatic hydroxyl groups excluding tert-OH is 1. The highest BCUT2D eigenvalue weighted by atomic mass is 16.7. The molecule has 3 unspecified atom stereocenters. The highest BCUT2D eigenvalue weighted by Gasteiger charge is 2.83. The van der Waals surface area contributed by atoms with Gasteiger partial charge in [-0.05, 0) is 32.6 Å². The summed E-state index contributed by atoms with van der Waals surface area (Å²) in [5, 5.41) is 10.9. The third-order valence-corrected chi connectivity index (χ3v) is 10.1. The van der Waals surface area contributed by atoms with Gasteiger partial charge in [-0.15, -0.1) is 0 Å². The summed E-state index contributed by atoms with van der Waals surface area (Å²) in [6, 6.07) is 0. The fourth-order valence-electron chi connectivity index (χ4n) is 7.52. The SMILES string of the molecule is CC1=C[C@H]2O[C@@H]3C[C@H]4OC(=O)/C=C\C=C\C5OC(C[C@@H](C)[C@H](O)C(=O)OC[C@@]2(CC1)[C@]4(C)[C@]31CO1)OC5C. The van der Waals surface area contributed by atoms with E-state index in [1.54, 1.807) is 19.1 Å². The average Bonchev–Trinajstić information content (AvgIpc) is 3.58. The molecule has 4 fully saturated rings. The van der Waals surface area contributed by atoms with Crippen molar-refractivity contribution in [2.45, 2.75) is 102 Å². The van der Waals surface area contributed by atoms with E-state index in [1.165, 1.54) is 11.6 Å². The fraction of sp³-hybridized carbons (Fsp3) is 0.724. The second kappa shape index (κ2) is 9.27. The van der Waals surface area contributed by atoms with Gasteiger partial charge >= 0.3 is 11.9 Å². The molecule has 4 bridgehead atoms. The molecule has 208 valence electrons. The van der Waals surface area contributed by atoms with Gasteiger partial charge in [-0.3, -0.25) is 0 Å². The Morgan fingerprint density at radius 1 is 1.03 bits per heavy atom. The number of carbonyl (C=O) groups excluding carboxylic acids is 2. The van der Waals surface area contributed by atoms with Crippen LogP contribution in [0.4, 0.5) is 0 Å². The third kappa shape index (κ3) is 3.84. The van der Waals surface area contributed by atoms with Crippen molar-refractivity contribution in [2.24, 2.45) is 16.7 Å². The van der Waals surface area contributed by atoms with Crippen molar-refractivity contribution in [1.29, 1.82) is 0 Å². The van der Waals surface area contributed by atoms with E-state index in [2.05, 4.69) is 19.9 Å². The van der Waals surface area contributed by atoms with Crippen molar-refractivity contribution in [1.82, 2.24) is 0 Å². The number of carbonyl (C=O) groups is 2. The summed E-state index contributed by atoms with van der Waals surface area (Å²) >= 11 is 0. The van der Waals surface area contributed by atoms with E-state index in [4.69, 9.17) is 28.4 Å². The van der Waals surface area contributed by atoms with Crippen molar-refractivity contribution >= 4 is 11.9 Å². The zero-order valence-corrected chi connectivity index (χ0v) is 22.5. The maximum absolute atomic E-state index is 13.2. The van der Waals surface area contributed by atoms with Crippen LogP contribution in [0.5, 0.6) is 0 Å². The molecule has 2 aliphatic carbocycles. The first-order chi connectivity index (χ1) is 18.1. The van der Waals surface area contributed by atoms with Gasteiger partial charge in [0.05, 0.1) is 30.3 Å². The molecule has 1 N–H and O–H groups in total. The molecule has 0 aromatic rings. The lowest BCUT2D eigenvalue weighted by Crippen LogP contribution is -2.67. The molecule has 4 aliphatic heterocycles. The molecule has 9 nitrogen and oxygen atoms in total. The first-order valence-electron chi connectivity index (χ1n) is 13.8. The molecule has 0 aromatic heterocycles. The van der Waals surface area contributed by atoms with E-state index < -0.39 is 52.8 Å². The van der Waals surface area contributed by atoms with Crippen molar-refractivity contribution in [3.63, 3.8) is 0 Å². The number of fused-ring (bicyclic) bond motifs is 2. The summed E-state index contributed by atoms with van der Waals surface area (Å²) in [7, 11) is 0. The van der Waals surface area contributed by atoms with Crippen LogP contribution in [0, 0.1) is 16.7 Å². The van der Waals surface area contributed by atoms with Crippen LogP contribution in [0.3, 0.4) is 0 Å². The fourth-order valence-corrected chi connectivity index (χ4v) is 7.52. The van der Waals surface area contributed by atoms with Gasteiger partial charge in [0.25, 0.3) is 0 Å². The number of aliphatic hydroxyl groups is 1. The van der Waals surface area contributed by atoms with Gasteiger partial charge < -0.3 is 33.5 Å². The summed E-state index contributed by atoms with van der Waals surface area (Å²) in [6.45, 7) is 8.40. The Balaban J connectivity index is 1.36. The molecule has 38 heavy (non-hydrogen) atoms. The summed E-state index contributed by atoms with van der Waals surface area (Å²) < 4.78 is 36.6. The van der Waals surface area contributed by atoms with E-state index >= 15 is 0 Å². The minimum Gasteiger partial charge on any atom is -0.463 e. The lowest BCUT2D eigenvalue weighted by atomic mass is 9.51. The molecule has 11 atom stereocenters. The average molecular weight is 531 g/mol. The molecule has 4 heterocycles. The molecule has 0 amide bonds. The van der Waals surface area contributed by atoms with E-state index in [9.17, 15) is 14.7 Å². The first-order valence-corrected chi connectivity index (χ1v) is 13.8. The van der Waals surface area contributed by atoms with Crippen molar-refractivity contribution in [3.8, 4) is 0 Å². The van der Waals surface area contributed by atoms with E-state index in [0.29, 0.717) is 25.9 Å². The van der Waals surface area contributed by atoms with Crippen molar-refractivity contribution in [2.75, 3.05) is 13.2 Å². The molecular weight excluding hydrogens is 492 g/mol. The summed E-state index contributed by atoms with van der Waals surface area (Å²) in [5.41, 5.74) is -0.721. The number of esters is 2. The van der Waals surface area contributed by atoms with Crippen molar-refractivity contribution < 1.29 is 43.1 Å². The van der Waals surface area contributed by atoms with E-state index in [-0.39, 0.29) is 31.0 Å². The van der Waals surface area contributed by atoms with E-state index in [1.807, 2.05) is 13.0 Å². The number of hydrogen-bond donors (Lipinski definition) is 1. The highest BCUT2D eigenvalue weighted by molar-refractivity contribution is 5.82. The lowest BCUT2D eigenvalue weighted by molar-refractivity contribution is -0.234. The predicted octanol–water partition coefficient (Wildman–Crippen LogP) is 2.76. The van der Waals surface area contributed by atoms with Gasteiger partial charge in [-0.1, -0.05) is 43.7 Å². The molecule has 2 spiro atoms. The molecule has 6 aliphatic rings. The Hall–Kier alpha value is -2.04. The number of rotatable bonds is 0. The van der Waals surface area contributed by atoms with Crippen LogP contribution in [0.25, 0.3) is 0 Å². The summed E-state index contributed by atoms with van der Waals surface area (Å²) in [4.78, 5) is 26.2. The van der Waals surface area contributed by atoms with Crippen LogP contribution >= 0.6 is 0 Å². The van der Waals surface area contributed by atoms with Gasteiger partial charge in [0.15, 0.2) is 12.4 Å². The van der Waals surface area contributed by atoms with E-state index in [0.717, 1.165) is 6.42 Å². The Labute approximate surface area is 223 Å². The van der Waals surface area contributed by atoms with Gasteiger partial charge in [0.2, 0.25) is 0 Å². The molecule has 9 heteroatoms. The van der Waals surface area contributed by atoms with Crippen LogP contribution in [0.15, 0.2) is 36.0 Å². The first kappa shape index (κ1) is 26.2. The second-order valence-corrected chi connectivity index (χ2v) is 12.1. The zero-order valence-electron chi connectivity index (χ0n) is 22.5. The van der Waals surface area contributed by atoms with Gasteiger partial charge in [0.1, 0.15) is 24.4 Å². The van der Waals surface area contributed by atoms with Crippen LogP contribution in [-0.2, 0) is 38.0 Å². The molecule has 3 saturated heterocycles. The maximum Gasteiger partial charge on any atom is 0.335 e. The molecule has 0 radical (unpaired) electrons. The predicted molar refractivity (Wildman–Crippen MR) is 134 cm³/mol. The van der Waals surface area contributed by atoms with Gasteiger partial charge in [0, 0.05) is 24.3 Å². The number of epoxide rings is 1. The number of allylic oxidation sites excluding steroid dienone is 3. The molecule has 6 rings (SSSR count). The topological polar surface area (TPSA) is 113 Å². The Morgan fingerprint density at radius 3 is 2.58 bits per heavy atom. The minimum absolute atomic E-state index is 0.0283. The lowest BCUT2D eigenvalue weighted by Gasteiger charge is -2.58. The Kier molecular flexibility index (Phi) is 6.39. The van der Waals surface area contributed by atoms with Crippen LogP contribution in [0.1, 0.15) is 53.4 Å². The van der Waals surface area contributed by atoms with Crippen LogP contribution in [0.2, 0.25) is 0 Å². The zero-order chi connectivity index (χ0) is 26.9. The van der Waals surface area contributed by atoms with Gasteiger partial charge in [-0.25, -0.2) is 9.59 Å². The third-order valence-electron chi connectivity index (χ3n) is 10.1. The van der Waals surface area contributed by atoms with Crippen molar-refractivity contribution in [3.05, 3.63) is 36.0 Å². The molecule has 1 saturated carbocycles. The summed E-state index contributed by atoms with van der Waals surface area (Å²) in [5.74, 6) is -1.58. The Morgan fingerprint density at radius 2 is 1.82 bits per heavy atom. The highest BCUT2D eigenvalue weighted by Crippen LogP contribution is 2.72. The van der Waals surface area contributed by atoms with Gasteiger partial charge in [-0.2, -0.15) is 0 Å². The normalized spacial score (nSPS) is 52.2. The number of ether oxygens (including phenoxy) is 6. The number of cyclic esters (lactones) is 1. The second-order valence-electron chi connectivity index (χ2n) is 12.1. The minimum atomic E-state index is -1.34. The summed E-state index contributed by atoms with van der Waals surface area (Å²) in [6.07, 6.45) is 7.64. The van der Waals surface area contributed by atoms with Crippen LogP contribution in [-0.4, -0.2) is 78.8 Å². The maximum atomic E-state index is 13.2. The monoisotopic (exact) mass is 530 g/mol. The quantitative estimate of drug-likeness (QED) is 0.287. The molecular formula is C29H38O9.